The van der Waals surface area contributed by atoms with Crippen LogP contribution < -0.4 is 11.1 Å². The number of nitrogens with one attached hydrogen (secondary N) is 1. The van der Waals surface area contributed by atoms with Gasteiger partial charge in [0.25, 0.3) is 5.91 Å². The van der Waals surface area contributed by atoms with E-state index in [0.29, 0.717) is 24.2 Å². The second-order valence-electron chi connectivity index (χ2n) is 7.67. The third-order valence-electron chi connectivity index (χ3n) is 4.95. The second-order valence-corrected chi connectivity index (χ2v) is 7.67. The van der Waals surface area contributed by atoms with Gasteiger partial charge in [-0.1, -0.05) is 26.0 Å². The summed E-state index contributed by atoms with van der Waals surface area (Å²) in [5.74, 6) is 0.0448. The number of Topliss-reactive ketones (excluding diaryl/α,β-unsaturated/α-hetero) is 1. The summed E-state index contributed by atoms with van der Waals surface area (Å²) in [6, 6.07) is 6.24. The van der Waals surface area contributed by atoms with E-state index in [2.05, 4.69) is 10.4 Å². The number of phenolic OH excluding ortho intramolecular Hbond substituents is 1. The summed E-state index contributed by atoms with van der Waals surface area (Å²) < 4.78 is 1.60. The Hall–Kier alpha value is -3.09. The fraction of sp³-hybridized carbons (Fsp3) is 0.316. The minimum Gasteiger partial charge on any atom is -0.508 e. The van der Waals surface area contributed by atoms with Crippen molar-refractivity contribution in [3.8, 4) is 5.75 Å². The van der Waals surface area contributed by atoms with E-state index in [1.807, 2.05) is 19.9 Å². The van der Waals surface area contributed by atoms with Crippen LogP contribution in [0, 0.1) is 5.41 Å². The first-order chi connectivity index (χ1) is 12.3. The number of primary amides is 1. The van der Waals surface area contributed by atoms with Crippen molar-refractivity contribution in [2.45, 2.75) is 32.7 Å². The van der Waals surface area contributed by atoms with Gasteiger partial charge in [0.15, 0.2) is 5.78 Å². The predicted octanol–water partition coefficient (Wildman–Crippen LogP) is 2.35. The number of ketones is 1. The Morgan fingerprint density at radius 1 is 1.38 bits per heavy atom. The van der Waals surface area contributed by atoms with Gasteiger partial charge < -0.3 is 16.2 Å². The molecule has 1 aromatic heterocycles. The molecule has 0 saturated heterocycles. The average molecular weight is 352 g/mol. The number of aromatic hydroxyl groups is 1. The number of nitrogens with zero attached hydrogens (tertiary/aromatic N) is 2. The summed E-state index contributed by atoms with van der Waals surface area (Å²) in [6.07, 6.45) is 2.52. The van der Waals surface area contributed by atoms with Gasteiger partial charge in [-0.2, -0.15) is 5.10 Å². The monoisotopic (exact) mass is 352 g/mol. The number of rotatable bonds is 2. The van der Waals surface area contributed by atoms with Crippen LogP contribution >= 0.6 is 0 Å². The molecule has 2 aromatic rings. The van der Waals surface area contributed by atoms with Crippen LogP contribution in [0.5, 0.6) is 5.75 Å². The molecule has 0 bridgehead atoms. The molecule has 2 aliphatic rings. The number of aromatic nitrogens is 2. The van der Waals surface area contributed by atoms with Crippen LogP contribution in [0.2, 0.25) is 0 Å². The first-order valence-corrected chi connectivity index (χ1v) is 8.46. The molecule has 7 nitrogen and oxygen atoms in total. The van der Waals surface area contributed by atoms with Crippen LogP contribution in [0.3, 0.4) is 0 Å². The molecule has 1 atom stereocenters. The lowest BCUT2D eigenvalue weighted by atomic mass is 9.73. The number of anilines is 1. The van der Waals surface area contributed by atoms with Crippen LogP contribution in [0.1, 0.15) is 48.7 Å². The third kappa shape index (κ3) is 2.47. The number of nitrogens with two attached hydrogens (primary N) is 1. The summed E-state index contributed by atoms with van der Waals surface area (Å²) in [5, 5.41) is 17.4. The van der Waals surface area contributed by atoms with Crippen LogP contribution in [-0.2, 0) is 4.79 Å². The second kappa shape index (κ2) is 5.45. The van der Waals surface area contributed by atoms with Gasteiger partial charge in [-0.05, 0) is 29.5 Å². The van der Waals surface area contributed by atoms with Gasteiger partial charge in [0.05, 0.1) is 6.20 Å². The molecule has 4 rings (SSSR count). The zero-order valence-corrected chi connectivity index (χ0v) is 14.6. The standard InChI is InChI=1S/C19H20N4O3/c1-19(2)7-13-15(14(25)8-19)16(10-4-3-5-11(24)6-10)23-18(22-13)12(9-21-23)17(20)26/h3-6,9,16,22,24H,7-8H2,1-2H3,(H2,20,26). The summed E-state index contributed by atoms with van der Waals surface area (Å²) in [4.78, 5) is 24.8. The molecule has 1 aromatic carbocycles. The number of hydrogen-bond donors (Lipinski definition) is 3. The maximum absolute atomic E-state index is 13.0. The zero-order valence-electron chi connectivity index (χ0n) is 14.6. The number of amides is 1. The number of fused-ring (bicyclic) bond motifs is 1. The minimum atomic E-state index is -0.584. The van der Waals surface area contributed by atoms with Crippen LogP contribution in [0.4, 0.5) is 5.82 Å². The molecule has 1 aliphatic heterocycles. The molecule has 1 aliphatic carbocycles. The Labute approximate surface area is 150 Å². The van der Waals surface area contributed by atoms with Crippen LogP contribution in [-0.4, -0.2) is 26.6 Å². The van der Waals surface area contributed by atoms with Crippen molar-refractivity contribution >= 4 is 17.5 Å². The largest absolute Gasteiger partial charge is 0.508 e. The van der Waals surface area contributed by atoms with E-state index in [4.69, 9.17) is 5.73 Å². The van der Waals surface area contributed by atoms with Crippen molar-refractivity contribution < 1.29 is 14.7 Å². The molecule has 0 radical (unpaired) electrons. The molecule has 2 heterocycles. The summed E-state index contributed by atoms with van der Waals surface area (Å²) in [7, 11) is 0. The SMILES string of the molecule is CC1(C)CC(=O)C2=C(C1)Nc1c(C(N)=O)cnn1C2c1cccc(O)c1. The number of carbonyl (C=O) groups is 2. The highest BCUT2D eigenvalue weighted by atomic mass is 16.3. The molecule has 26 heavy (non-hydrogen) atoms. The smallest absolute Gasteiger partial charge is 0.254 e. The topological polar surface area (TPSA) is 110 Å². The highest BCUT2D eigenvalue weighted by Crippen LogP contribution is 2.46. The Kier molecular flexibility index (Phi) is 3.44. The van der Waals surface area contributed by atoms with E-state index in [0.717, 1.165) is 11.3 Å². The van der Waals surface area contributed by atoms with Gasteiger partial charge in [0, 0.05) is 17.7 Å². The fourth-order valence-electron chi connectivity index (χ4n) is 3.89. The van der Waals surface area contributed by atoms with Gasteiger partial charge in [-0.25, -0.2) is 4.68 Å². The molecule has 1 unspecified atom stereocenters. The maximum Gasteiger partial charge on any atom is 0.254 e. The van der Waals surface area contributed by atoms with E-state index in [1.54, 1.807) is 22.9 Å². The van der Waals surface area contributed by atoms with Gasteiger partial charge in [0.2, 0.25) is 0 Å². The quantitative estimate of drug-likeness (QED) is 0.768. The molecular weight excluding hydrogens is 332 g/mol. The van der Waals surface area contributed by atoms with Crippen LogP contribution in [0.15, 0.2) is 41.7 Å². The first kappa shape index (κ1) is 16.4. The van der Waals surface area contributed by atoms with E-state index >= 15 is 0 Å². The minimum absolute atomic E-state index is 0.0406. The Morgan fingerprint density at radius 2 is 2.15 bits per heavy atom. The van der Waals surface area contributed by atoms with Crippen LogP contribution in [0.25, 0.3) is 0 Å². The van der Waals surface area contributed by atoms with Crippen molar-refractivity contribution in [1.29, 1.82) is 0 Å². The molecule has 134 valence electrons. The molecule has 7 heteroatoms. The molecule has 0 spiro atoms. The highest BCUT2D eigenvalue weighted by molar-refractivity contribution is 6.02. The van der Waals surface area contributed by atoms with Crippen molar-refractivity contribution in [2.24, 2.45) is 11.1 Å². The maximum atomic E-state index is 13.0. The molecule has 4 N–H and O–H groups in total. The van der Waals surface area contributed by atoms with Crippen molar-refractivity contribution in [3.05, 3.63) is 52.9 Å². The number of allylic oxidation sites excluding steroid dienone is 2. The van der Waals surface area contributed by atoms with Gasteiger partial charge in [-0.15, -0.1) is 0 Å². The molecule has 0 fully saturated rings. The third-order valence-corrected chi connectivity index (χ3v) is 4.95. The van der Waals surface area contributed by atoms with Gasteiger partial charge in [-0.3, -0.25) is 9.59 Å². The number of carbonyl (C=O) groups excluding carboxylic acids is 2. The lowest BCUT2D eigenvalue weighted by Crippen LogP contribution is -2.37. The predicted molar refractivity (Wildman–Crippen MR) is 95.7 cm³/mol. The Bertz CT molecular complexity index is 971. The molecular formula is C19H20N4O3. The lowest BCUT2D eigenvalue weighted by molar-refractivity contribution is -0.118. The van der Waals surface area contributed by atoms with Crippen molar-refractivity contribution in [1.82, 2.24) is 9.78 Å². The van der Waals surface area contributed by atoms with Crippen molar-refractivity contribution in [2.75, 3.05) is 5.32 Å². The Morgan fingerprint density at radius 3 is 2.85 bits per heavy atom. The number of hydrogen-bond acceptors (Lipinski definition) is 5. The van der Waals surface area contributed by atoms with Crippen molar-refractivity contribution in [3.63, 3.8) is 0 Å². The Balaban J connectivity index is 1.95. The lowest BCUT2D eigenvalue weighted by Gasteiger charge is -2.39. The number of phenols is 1. The summed E-state index contributed by atoms with van der Waals surface area (Å²) in [6.45, 7) is 4.08. The summed E-state index contributed by atoms with van der Waals surface area (Å²) in [5.41, 5.74) is 7.72. The number of benzene rings is 1. The average Bonchev–Trinajstić information content (AvgIpc) is 2.95. The molecule has 1 amide bonds. The van der Waals surface area contributed by atoms with Gasteiger partial charge >= 0.3 is 0 Å². The molecule has 0 saturated carbocycles. The van der Waals surface area contributed by atoms with E-state index < -0.39 is 11.9 Å². The van der Waals surface area contributed by atoms with Gasteiger partial charge in [0.1, 0.15) is 23.2 Å². The van der Waals surface area contributed by atoms with E-state index in [9.17, 15) is 14.7 Å². The summed E-state index contributed by atoms with van der Waals surface area (Å²) >= 11 is 0. The fourth-order valence-corrected chi connectivity index (χ4v) is 3.89. The highest BCUT2D eigenvalue weighted by Gasteiger charge is 2.42. The van der Waals surface area contributed by atoms with E-state index in [1.165, 1.54) is 6.20 Å². The van der Waals surface area contributed by atoms with E-state index in [-0.39, 0.29) is 22.5 Å². The normalized spacial score (nSPS) is 21.0. The first-order valence-electron chi connectivity index (χ1n) is 8.46. The zero-order chi connectivity index (χ0) is 18.6.